The number of nitrogens with zero attached hydrogens (tertiary/aromatic N) is 2. The third-order valence-electron chi connectivity index (χ3n) is 4.23. The summed E-state index contributed by atoms with van der Waals surface area (Å²) in [5.41, 5.74) is 2.82. The molecule has 2 aliphatic rings. The van der Waals surface area contributed by atoms with Crippen molar-refractivity contribution in [2.24, 2.45) is 0 Å². The summed E-state index contributed by atoms with van der Waals surface area (Å²) in [6, 6.07) is 9.31. The van der Waals surface area contributed by atoms with Crippen LogP contribution in [0, 0.1) is 0 Å². The van der Waals surface area contributed by atoms with Crippen LogP contribution in [-0.2, 0) is 6.42 Å². The van der Waals surface area contributed by atoms with E-state index in [-0.39, 0.29) is 0 Å². The highest BCUT2D eigenvalue weighted by molar-refractivity contribution is 5.56. The minimum absolute atomic E-state index is 0.607. The molecule has 1 atom stereocenters. The molecule has 18 heavy (non-hydrogen) atoms. The second-order valence-electron chi connectivity index (χ2n) is 5.44. The average molecular weight is 245 g/mol. The molecule has 0 aliphatic carbocycles. The summed E-state index contributed by atoms with van der Waals surface area (Å²) in [6.45, 7) is 9.55. The van der Waals surface area contributed by atoms with Gasteiger partial charge in [0, 0.05) is 44.5 Å². The van der Waals surface area contributed by atoms with Gasteiger partial charge in [-0.2, -0.15) is 0 Å². The van der Waals surface area contributed by atoms with Gasteiger partial charge in [0.25, 0.3) is 0 Å². The van der Waals surface area contributed by atoms with Gasteiger partial charge < -0.3 is 10.2 Å². The predicted octanol–water partition coefficient (Wildman–Crippen LogP) is 1.66. The lowest BCUT2D eigenvalue weighted by Crippen LogP contribution is -2.49. The molecule has 1 N–H and O–H groups in total. The summed E-state index contributed by atoms with van der Waals surface area (Å²) in [7, 11) is 0. The fourth-order valence-corrected chi connectivity index (χ4v) is 3.09. The molecule has 0 radical (unpaired) electrons. The van der Waals surface area contributed by atoms with Gasteiger partial charge in [-0.15, -0.1) is 0 Å². The molecule has 2 aliphatic heterocycles. The van der Waals surface area contributed by atoms with E-state index in [1.807, 2.05) is 0 Å². The Morgan fingerprint density at radius 3 is 2.56 bits per heavy atom. The van der Waals surface area contributed by atoms with Gasteiger partial charge in [-0.3, -0.25) is 4.90 Å². The molecular formula is C15H23N3. The lowest BCUT2D eigenvalue weighted by molar-refractivity contribution is 0.134. The van der Waals surface area contributed by atoms with Crippen molar-refractivity contribution >= 4 is 5.69 Å². The molecule has 0 bridgehead atoms. The number of likely N-dealkylation sites (N-methyl/N-ethyl adjacent to an activating group) is 1. The maximum atomic E-state index is 3.65. The van der Waals surface area contributed by atoms with Crippen molar-refractivity contribution in [2.75, 3.05) is 44.6 Å². The zero-order valence-corrected chi connectivity index (χ0v) is 11.2. The number of hydrogen-bond acceptors (Lipinski definition) is 3. The zero-order chi connectivity index (χ0) is 12.4. The number of hydrogen-bond donors (Lipinski definition) is 1. The summed E-state index contributed by atoms with van der Waals surface area (Å²) >= 11 is 0. The molecule has 1 saturated heterocycles. The lowest BCUT2D eigenvalue weighted by Gasteiger charge is -2.35. The van der Waals surface area contributed by atoms with Crippen LogP contribution in [0.4, 0.5) is 5.69 Å². The zero-order valence-electron chi connectivity index (χ0n) is 11.2. The summed E-state index contributed by atoms with van der Waals surface area (Å²) < 4.78 is 0. The minimum atomic E-state index is 0.607. The van der Waals surface area contributed by atoms with Crippen LogP contribution >= 0.6 is 0 Å². The monoisotopic (exact) mass is 245 g/mol. The van der Waals surface area contributed by atoms with Crippen molar-refractivity contribution < 1.29 is 0 Å². The Hall–Kier alpha value is -1.06. The number of fused-ring (bicyclic) bond motifs is 1. The normalized spacial score (nSPS) is 24.8. The quantitative estimate of drug-likeness (QED) is 0.874. The van der Waals surface area contributed by atoms with E-state index in [2.05, 4.69) is 46.3 Å². The minimum Gasteiger partial charge on any atom is -0.380 e. The van der Waals surface area contributed by atoms with Gasteiger partial charge in [-0.1, -0.05) is 25.1 Å². The van der Waals surface area contributed by atoms with E-state index in [0.717, 1.165) is 0 Å². The van der Waals surface area contributed by atoms with Crippen LogP contribution in [0.15, 0.2) is 24.3 Å². The fourth-order valence-electron chi connectivity index (χ4n) is 3.09. The van der Waals surface area contributed by atoms with Crippen LogP contribution < -0.4 is 5.32 Å². The molecule has 3 nitrogen and oxygen atoms in total. The third kappa shape index (κ3) is 2.52. The van der Waals surface area contributed by atoms with E-state index >= 15 is 0 Å². The van der Waals surface area contributed by atoms with Gasteiger partial charge in [0.15, 0.2) is 0 Å². The topological polar surface area (TPSA) is 18.5 Å². The SMILES string of the molecule is CCN1CCN(C[C@@H]2Cc3ccccc3N2)CC1. The molecule has 1 aromatic rings. The van der Waals surface area contributed by atoms with Gasteiger partial charge in [0.2, 0.25) is 0 Å². The molecular weight excluding hydrogens is 222 g/mol. The molecule has 0 amide bonds. The number of para-hydroxylation sites is 1. The van der Waals surface area contributed by atoms with Crippen molar-refractivity contribution in [3.05, 3.63) is 29.8 Å². The highest BCUT2D eigenvalue weighted by Gasteiger charge is 2.24. The second-order valence-corrected chi connectivity index (χ2v) is 5.44. The van der Waals surface area contributed by atoms with Crippen molar-refractivity contribution in [3.63, 3.8) is 0 Å². The number of benzene rings is 1. The van der Waals surface area contributed by atoms with E-state index in [4.69, 9.17) is 0 Å². The predicted molar refractivity (Wildman–Crippen MR) is 76.1 cm³/mol. The van der Waals surface area contributed by atoms with Crippen molar-refractivity contribution in [1.82, 2.24) is 9.80 Å². The Balaban J connectivity index is 1.51. The molecule has 0 saturated carbocycles. The molecule has 0 aromatic heterocycles. The van der Waals surface area contributed by atoms with Crippen LogP contribution in [0.2, 0.25) is 0 Å². The number of anilines is 1. The van der Waals surface area contributed by atoms with Crippen LogP contribution in [0.25, 0.3) is 0 Å². The van der Waals surface area contributed by atoms with Gasteiger partial charge in [-0.05, 0) is 24.6 Å². The Labute approximate surface area is 110 Å². The summed E-state index contributed by atoms with van der Waals surface area (Å²) in [5, 5.41) is 3.65. The average Bonchev–Trinajstić information content (AvgIpc) is 2.82. The first-order valence-electron chi connectivity index (χ1n) is 7.14. The maximum Gasteiger partial charge on any atom is 0.0429 e. The molecule has 3 heteroatoms. The first kappa shape index (κ1) is 12.0. The van der Waals surface area contributed by atoms with Crippen molar-refractivity contribution in [1.29, 1.82) is 0 Å². The van der Waals surface area contributed by atoms with Crippen LogP contribution in [0.1, 0.15) is 12.5 Å². The Morgan fingerprint density at radius 2 is 1.83 bits per heavy atom. The van der Waals surface area contributed by atoms with Gasteiger partial charge >= 0.3 is 0 Å². The van der Waals surface area contributed by atoms with Crippen LogP contribution in [0.5, 0.6) is 0 Å². The third-order valence-corrected chi connectivity index (χ3v) is 4.23. The Bertz CT molecular complexity index is 371. The molecule has 1 fully saturated rings. The largest absolute Gasteiger partial charge is 0.380 e. The highest BCUT2D eigenvalue weighted by Crippen LogP contribution is 2.25. The highest BCUT2D eigenvalue weighted by atomic mass is 15.3. The van der Waals surface area contributed by atoms with Crippen molar-refractivity contribution in [2.45, 2.75) is 19.4 Å². The molecule has 1 aromatic carbocycles. The first-order chi connectivity index (χ1) is 8.85. The van der Waals surface area contributed by atoms with E-state index in [1.165, 1.54) is 56.9 Å². The van der Waals surface area contributed by atoms with Gasteiger partial charge in [0.05, 0.1) is 0 Å². The standard InChI is InChI=1S/C15H23N3/c1-2-17-7-9-18(10-8-17)12-14-11-13-5-3-4-6-15(13)16-14/h3-6,14,16H,2,7-12H2,1H3/t14-/m0/s1. The number of nitrogens with one attached hydrogen (secondary N) is 1. The Morgan fingerprint density at radius 1 is 1.11 bits per heavy atom. The van der Waals surface area contributed by atoms with Gasteiger partial charge in [0.1, 0.15) is 0 Å². The number of rotatable bonds is 3. The van der Waals surface area contributed by atoms with Crippen LogP contribution in [0.3, 0.4) is 0 Å². The molecule has 0 spiro atoms. The fraction of sp³-hybridized carbons (Fsp3) is 0.600. The maximum absolute atomic E-state index is 3.65. The smallest absolute Gasteiger partial charge is 0.0429 e. The molecule has 3 rings (SSSR count). The lowest BCUT2D eigenvalue weighted by atomic mass is 10.1. The summed E-state index contributed by atoms with van der Waals surface area (Å²) in [6.07, 6.45) is 1.18. The number of piperazine rings is 1. The van der Waals surface area contributed by atoms with Crippen LogP contribution in [-0.4, -0.2) is 55.1 Å². The van der Waals surface area contributed by atoms with E-state index in [9.17, 15) is 0 Å². The Kier molecular flexibility index (Phi) is 3.52. The van der Waals surface area contributed by atoms with E-state index in [0.29, 0.717) is 6.04 Å². The van der Waals surface area contributed by atoms with E-state index < -0.39 is 0 Å². The van der Waals surface area contributed by atoms with E-state index in [1.54, 1.807) is 0 Å². The molecule has 98 valence electrons. The van der Waals surface area contributed by atoms with Crippen molar-refractivity contribution in [3.8, 4) is 0 Å². The summed E-state index contributed by atoms with van der Waals surface area (Å²) in [4.78, 5) is 5.14. The van der Waals surface area contributed by atoms with Gasteiger partial charge in [-0.25, -0.2) is 0 Å². The molecule has 0 unspecified atom stereocenters. The summed E-state index contributed by atoms with van der Waals surface area (Å²) in [5.74, 6) is 0. The second kappa shape index (κ2) is 5.29. The molecule has 2 heterocycles. The first-order valence-corrected chi connectivity index (χ1v) is 7.14.